The van der Waals surface area contributed by atoms with Crippen LogP contribution in [0.25, 0.3) is 0 Å². The van der Waals surface area contributed by atoms with Gasteiger partial charge in [0.15, 0.2) is 5.41 Å². The molecular weight excluding hydrogens is 304 g/mol. The molecular formula is C15H13ClN4O2. The molecule has 0 aromatic heterocycles. The van der Waals surface area contributed by atoms with Crippen LogP contribution in [0.1, 0.15) is 11.5 Å². The van der Waals surface area contributed by atoms with Crippen LogP contribution in [-0.2, 0) is 9.47 Å². The minimum Gasteiger partial charge on any atom is -0.386 e. The van der Waals surface area contributed by atoms with E-state index in [9.17, 15) is 10.5 Å². The molecule has 1 fully saturated rings. The molecule has 22 heavy (non-hydrogen) atoms. The van der Waals surface area contributed by atoms with Crippen LogP contribution < -0.4 is 5.73 Å². The summed E-state index contributed by atoms with van der Waals surface area (Å²) in [5, 5.41) is 20.1. The molecule has 0 saturated heterocycles. The summed E-state index contributed by atoms with van der Waals surface area (Å²) < 4.78 is 10.8. The maximum absolute atomic E-state index is 9.86. The van der Waals surface area contributed by atoms with Gasteiger partial charge in [-0.05, 0) is 17.7 Å². The van der Waals surface area contributed by atoms with Gasteiger partial charge in [-0.3, -0.25) is 0 Å². The van der Waals surface area contributed by atoms with E-state index in [4.69, 9.17) is 26.8 Å². The number of halogens is 1. The van der Waals surface area contributed by atoms with Gasteiger partial charge in [0.05, 0.1) is 12.1 Å². The molecule has 1 aliphatic carbocycles. The van der Waals surface area contributed by atoms with E-state index in [0.29, 0.717) is 5.02 Å². The van der Waals surface area contributed by atoms with E-state index in [0.717, 1.165) is 5.56 Å². The molecule has 1 aromatic rings. The van der Waals surface area contributed by atoms with Gasteiger partial charge >= 0.3 is 0 Å². The fraction of sp³-hybridized carbons (Fsp3) is 0.400. The highest BCUT2D eigenvalue weighted by Gasteiger charge is 2.93. The first kappa shape index (κ1) is 14.8. The van der Waals surface area contributed by atoms with Crippen molar-refractivity contribution in [2.75, 3.05) is 14.2 Å². The van der Waals surface area contributed by atoms with Crippen molar-refractivity contribution in [2.45, 2.75) is 11.8 Å². The van der Waals surface area contributed by atoms with Gasteiger partial charge in [0.2, 0.25) is 0 Å². The second-order valence-corrected chi connectivity index (χ2v) is 5.75. The van der Waals surface area contributed by atoms with Crippen molar-refractivity contribution < 1.29 is 9.47 Å². The Morgan fingerprint density at radius 2 is 1.95 bits per heavy atom. The first-order chi connectivity index (χ1) is 10.5. The molecule has 0 spiro atoms. The van der Waals surface area contributed by atoms with Crippen LogP contribution in [0.4, 0.5) is 0 Å². The summed E-state index contributed by atoms with van der Waals surface area (Å²) >= 11 is 6.04. The Labute approximate surface area is 132 Å². The molecule has 1 aromatic carbocycles. The number of nitriles is 2. The van der Waals surface area contributed by atoms with Crippen LogP contribution in [0.3, 0.4) is 0 Å². The third kappa shape index (κ3) is 1.29. The van der Waals surface area contributed by atoms with Crippen LogP contribution in [0, 0.1) is 33.5 Å². The monoisotopic (exact) mass is 316 g/mol. The zero-order chi connectivity index (χ0) is 16.2. The van der Waals surface area contributed by atoms with E-state index in [1.165, 1.54) is 14.2 Å². The van der Waals surface area contributed by atoms with Gasteiger partial charge in [-0.15, -0.1) is 0 Å². The van der Waals surface area contributed by atoms with Crippen molar-refractivity contribution >= 4 is 17.4 Å². The number of aliphatic imine (C=N–C) groups is 1. The molecule has 0 radical (unpaired) electrons. The maximum atomic E-state index is 9.86. The predicted molar refractivity (Wildman–Crippen MR) is 78.7 cm³/mol. The second kappa shape index (κ2) is 4.44. The topological polar surface area (TPSA) is 104 Å². The number of fused-ring (bicyclic) bond motifs is 1. The third-order valence-corrected chi connectivity index (χ3v) is 4.90. The van der Waals surface area contributed by atoms with Crippen LogP contribution in [0.5, 0.6) is 0 Å². The molecule has 3 atom stereocenters. The molecule has 112 valence electrons. The summed E-state index contributed by atoms with van der Waals surface area (Å²) in [6.07, 6.45) is 0. The number of ether oxygens (including phenoxy) is 2. The van der Waals surface area contributed by atoms with Crippen molar-refractivity contribution in [2.24, 2.45) is 21.6 Å². The smallest absolute Gasteiger partial charge is 0.292 e. The Balaban J connectivity index is 2.26. The largest absolute Gasteiger partial charge is 0.386 e. The van der Waals surface area contributed by atoms with E-state index < -0.39 is 22.7 Å². The first-order valence-corrected chi connectivity index (χ1v) is 6.91. The van der Waals surface area contributed by atoms with E-state index >= 15 is 0 Å². The highest BCUT2D eigenvalue weighted by atomic mass is 35.5. The Morgan fingerprint density at radius 1 is 1.27 bits per heavy atom. The van der Waals surface area contributed by atoms with Gasteiger partial charge in [-0.2, -0.15) is 10.5 Å². The van der Waals surface area contributed by atoms with E-state index in [1.54, 1.807) is 24.3 Å². The lowest BCUT2D eigenvalue weighted by Gasteiger charge is -2.29. The van der Waals surface area contributed by atoms with Crippen LogP contribution in [0.15, 0.2) is 29.3 Å². The lowest BCUT2D eigenvalue weighted by atomic mass is 9.93. The van der Waals surface area contributed by atoms with Gasteiger partial charge < -0.3 is 15.2 Å². The maximum Gasteiger partial charge on any atom is 0.292 e. The van der Waals surface area contributed by atoms with Crippen LogP contribution >= 0.6 is 11.6 Å². The van der Waals surface area contributed by atoms with Crippen molar-refractivity contribution in [1.29, 1.82) is 10.5 Å². The highest BCUT2D eigenvalue weighted by Crippen LogP contribution is 2.81. The molecule has 2 N–H and O–H groups in total. The van der Waals surface area contributed by atoms with E-state index in [2.05, 4.69) is 17.1 Å². The number of nitrogens with two attached hydrogens (primary N) is 1. The normalized spacial score (nSPS) is 34.2. The third-order valence-electron chi connectivity index (χ3n) is 4.66. The molecule has 3 unspecified atom stereocenters. The summed E-state index contributed by atoms with van der Waals surface area (Å²) in [5.41, 5.74) is 4.11. The van der Waals surface area contributed by atoms with Crippen LogP contribution in [0.2, 0.25) is 5.02 Å². The Hall–Kier alpha value is -2.12. The zero-order valence-electron chi connectivity index (χ0n) is 12.0. The summed E-state index contributed by atoms with van der Waals surface area (Å²) in [6.45, 7) is 0. The predicted octanol–water partition coefficient (Wildman–Crippen LogP) is 1.77. The SMILES string of the molecule is COC1(OC)N=C(N)C2(C#N)C(c3cccc(Cl)c3)C12C#N. The molecule has 0 bridgehead atoms. The minimum atomic E-state index is -1.60. The molecule has 7 heteroatoms. The quantitative estimate of drug-likeness (QED) is 0.856. The molecule has 3 rings (SSSR count). The Morgan fingerprint density at radius 3 is 2.45 bits per heavy atom. The number of nitrogens with zero attached hydrogens (tertiary/aromatic N) is 3. The lowest BCUT2D eigenvalue weighted by Crippen LogP contribution is -2.41. The zero-order valence-corrected chi connectivity index (χ0v) is 12.8. The van der Waals surface area contributed by atoms with Crippen molar-refractivity contribution in [3.63, 3.8) is 0 Å². The van der Waals surface area contributed by atoms with Gasteiger partial charge in [-0.25, -0.2) is 4.99 Å². The summed E-state index contributed by atoms with van der Waals surface area (Å²) in [7, 11) is 2.75. The Bertz CT molecular complexity index is 762. The number of methoxy groups -OCH3 is 2. The average Bonchev–Trinajstić information content (AvgIpc) is 3.11. The second-order valence-electron chi connectivity index (χ2n) is 5.31. The lowest BCUT2D eigenvalue weighted by molar-refractivity contribution is -0.230. The number of benzene rings is 1. The van der Waals surface area contributed by atoms with Crippen LogP contribution in [-0.4, -0.2) is 26.0 Å². The van der Waals surface area contributed by atoms with Crippen molar-refractivity contribution in [3.05, 3.63) is 34.9 Å². The standard InChI is InChI=1S/C15H13ClN4O2/c1-21-15(22-2)14(8-18)11(9-4-3-5-10(16)6-9)13(14,7-17)12(19)20-15/h3-6,11H,1-2H3,(H2,19,20). The minimum absolute atomic E-state index is 0.0465. The van der Waals surface area contributed by atoms with Gasteiger partial charge in [0.1, 0.15) is 11.3 Å². The molecule has 2 aliphatic rings. The number of rotatable bonds is 3. The fourth-order valence-corrected chi connectivity index (χ4v) is 3.91. The highest BCUT2D eigenvalue weighted by molar-refractivity contribution is 6.30. The van der Waals surface area contributed by atoms with Gasteiger partial charge in [0.25, 0.3) is 5.91 Å². The van der Waals surface area contributed by atoms with Crippen molar-refractivity contribution in [1.82, 2.24) is 0 Å². The molecule has 1 saturated carbocycles. The summed E-state index contributed by atoms with van der Waals surface area (Å²) in [6, 6.07) is 11.4. The number of hydrogen-bond acceptors (Lipinski definition) is 6. The average molecular weight is 317 g/mol. The summed E-state index contributed by atoms with van der Waals surface area (Å²) in [5.74, 6) is -2.08. The summed E-state index contributed by atoms with van der Waals surface area (Å²) in [4.78, 5) is 4.14. The van der Waals surface area contributed by atoms with Crippen molar-refractivity contribution in [3.8, 4) is 12.1 Å². The van der Waals surface area contributed by atoms with Gasteiger partial charge in [-0.1, -0.05) is 23.7 Å². The number of hydrogen-bond donors (Lipinski definition) is 1. The first-order valence-electron chi connectivity index (χ1n) is 6.53. The number of amidine groups is 1. The molecule has 1 heterocycles. The Kier molecular flexibility index (Phi) is 2.99. The molecule has 6 nitrogen and oxygen atoms in total. The van der Waals surface area contributed by atoms with E-state index in [1.807, 2.05) is 0 Å². The molecule has 1 aliphatic heterocycles. The van der Waals surface area contributed by atoms with E-state index in [-0.39, 0.29) is 5.84 Å². The van der Waals surface area contributed by atoms with Gasteiger partial charge in [0, 0.05) is 25.2 Å². The molecule has 0 amide bonds. The fourth-order valence-electron chi connectivity index (χ4n) is 3.71.